The van der Waals surface area contributed by atoms with E-state index in [9.17, 15) is 0 Å². The summed E-state index contributed by atoms with van der Waals surface area (Å²) in [5.41, 5.74) is 4.62. The first kappa shape index (κ1) is 13.2. The Morgan fingerprint density at radius 3 is 1.10 bits per heavy atom. The second-order valence-corrected chi connectivity index (χ2v) is 5.29. The van der Waals surface area contributed by atoms with Crippen molar-refractivity contribution < 1.29 is 17.1 Å². The Morgan fingerprint density at radius 1 is 0.900 bits per heavy atom. The molecule has 10 heavy (non-hydrogen) atoms. The molecule has 0 aliphatic carbocycles. The summed E-state index contributed by atoms with van der Waals surface area (Å²) in [4.78, 5) is 2.38. The van der Waals surface area contributed by atoms with Crippen LogP contribution >= 0.6 is 0 Å². The van der Waals surface area contributed by atoms with Gasteiger partial charge < -0.3 is 4.90 Å². The quantitative estimate of drug-likeness (QED) is 0.627. The molecular weight excluding hydrogens is 175 g/mol. The van der Waals surface area contributed by atoms with Crippen LogP contribution in [-0.4, -0.2) is 24.5 Å². The monoisotopic (exact) mass is 195 g/mol. The second-order valence-electron chi connectivity index (χ2n) is 2.33. The van der Waals surface area contributed by atoms with Crippen LogP contribution in [0, 0.1) is 0 Å². The Balaban J connectivity index is 0. The molecular formula is C8H21NZn. The van der Waals surface area contributed by atoms with Gasteiger partial charge in [0, 0.05) is 0 Å². The predicted molar refractivity (Wildman–Crippen MR) is 45.2 cm³/mol. The zero-order chi connectivity index (χ0) is 8.41. The van der Waals surface area contributed by atoms with Gasteiger partial charge in [-0.25, -0.2) is 0 Å². The average molecular weight is 197 g/mol. The predicted octanol–water partition coefficient (Wildman–Crippen LogP) is 2.51. The zero-order valence-corrected chi connectivity index (χ0v) is 11.2. The molecule has 0 N–H and O–H groups in total. The van der Waals surface area contributed by atoms with Crippen LogP contribution in [0.25, 0.3) is 0 Å². The van der Waals surface area contributed by atoms with E-state index in [1.165, 1.54) is 19.6 Å². The van der Waals surface area contributed by atoms with Gasteiger partial charge >= 0.3 is 28.2 Å². The van der Waals surface area contributed by atoms with Crippen LogP contribution in [0.15, 0.2) is 0 Å². The minimum atomic E-state index is 0.125. The molecule has 0 aromatic heterocycles. The van der Waals surface area contributed by atoms with E-state index < -0.39 is 0 Å². The average Bonchev–Trinajstić information content (AvgIpc) is 1.93. The molecule has 0 saturated heterocycles. The van der Waals surface area contributed by atoms with Gasteiger partial charge in [0.1, 0.15) is 0 Å². The first-order valence-corrected chi connectivity index (χ1v) is 10.4. The van der Waals surface area contributed by atoms with E-state index in [1.54, 1.807) is 0 Å². The molecule has 0 fully saturated rings. The molecule has 0 spiro atoms. The summed E-state index contributed by atoms with van der Waals surface area (Å²) in [6.07, 6.45) is 0. The standard InChI is InChI=1S/C6H15N.2CH3.Zn/c1-4-7(5-2)6-3;;;/h4-6H2,1-3H3;2*1H3;. The van der Waals surface area contributed by atoms with Crippen molar-refractivity contribution in [1.82, 2.24) is 4.90 Å². The van der Waals surface area contributed by atoms with Gasteiger partial charge in [0.2, 0.25) is 0 Å². The van der Waals surface area contributed by atoms with Crippen LogP contribution in [0.3, 0.4) is 0 Å². The SMILES string of the molecule is CCN(CC)CC.[CH3][Zn][CH3]. The van der Waals surface area contributed by atoms with Crippen molar-refractivity contribution in [3.8, 4) is 0 Å². The van der Waals surface area contributed by atoms with Crippen LogP contribution in [0.5, 0.6) is 0 Å². The first-order valence-electron chi connectivity index (χ1n) is 4.48. The van der Waals surface area contributed by atoms with Gasteiger partial charge in [-0.05, 0) is 19.6 Å². The van der Waals surface area contributed by atoms with Gasteiger partial charge in [-0.1, -0.05) is 20.8 Å². The summed E-state index contributed by atoms with van der Waals surface area (Å²) in [7, 11) is 0. The van der Waals surface area contributed by atoms with E-state index in [2.05, 4.69) is 36.7 Å². The first-order chi connectivity index (χ1) is 4.76. The van der Waals surface area contributed by atoms with E-state index in [1.807, 2.05) is 0 Å². The van der Waals surface area contributed by atoms with E-state index in [-0.39, 0.29) is 17.1 Å². The summed E-state index contributed by atoms with van der Waals surface area (Å²) in [5.74, 6) is 0. The second kappa shape index (κ2) is 12.3. The fourth-order valence-electron chi connectivity index (χ4n) is 0.671. The summed E-state index contributed by atoms with van der Waals surface area (Å²) in [6, 6.07) is 0. The van der Waals surface area contributed by atoms with E-state index in [0.29, 0.717) is 0 Å². The van der Waals surface area contributed by atoms with Crippen LogP contribution in [0.2, 0.25) is 11.0 Å². The zero-order valence-electron chi connectivity index (χ0n) is 8.28. The molecule has 0 aromatic carbocycles. The van der Waals surface area contributed by atoms with Crippen LogP contribution in [-0.2, 0) is 17.1 Å². The molecule has 0 amide bonds. The van der Waals surface area contributed by atoms with Crippen LogP contribution < -0.4 is 0 Å². The molecule has 1 nitrogen and oxygen atoms in total. The number of nitrogens with zero attached hydrogens (tertiary/aromatic N) is 1. The maximum atomic E-state index is 2.38. The van der Waals surface area contributed by atoms with E-state index >= 15 is 0 Å². The summed E-state index contributed by atoms with van der Waals surface area (Å²) in [6.45, 7) is 10.1. The van der Waals surface area contributed by atoms with Crippen molar-refractivity contribution in [3.05, 3.63) is 0 Å². The Labute approximate surface area is 73.8 Å². The molecule has 0 aliphatic heterocycles. The van der Waals surface area contributed by atoms with Gasteiger partial charge in [0.05, 0.1) is 0 Å². The van der Waals surface area contributed by atoms with Crippen molar-refractivity contribution in [1.29, 1.82) is 0 Å². The van der Waals surface area contributed by atoms with Crippen molar-refractivity contribution in [2.45, 2.75) is 31.8 Å². The Morgan fingerprint density at radius 2 is 1.10 bits per heavy atom. The van der Waals surface area contributed by atoms with Crippen LogP contribution in [0.1, 0.15) is 20.8 Å². The van der Waals surface area contributed by atoms with Gasteiger partial charge in [-0.15, -0.1) is 0 Å². The molecule has 0 rings (SSSR count). The Hall–Kier alpha value is 0.583. The van der Waals surface area contributed by atoms with Gasteiger partial charge in [0.15, 0.2) is 0 Å². The Kier molecular flexibility index (Phi) is 16.2. The molecule has 0 aliphatic rings. The van der Waals surface area contributed by atoms with Gasteiger partial charge in [-0.3, -0.25) is 0 Å². The molecule has 0 heterocycles. The fraction of sp³-hybridized carbons (Fsp3) is 1.00. The third kappa shape index (κ3) is 11.4. The fourth-order valence-corrected chi connectivity index (χ4v) is 0.671. The van der Waals surface area contributed by atoms with Gasteiger partial charge in [0.25, 0.3) is 0 Å². The topological polar surface area (TPSA) is 3.24 Å². The number of hydrogen-bond acceptors (Lipinski definition) is 1. The molecule has 0 saturated carbocycles. The third-order valence-electron chi connectivity index (χ3n) is 1.34. The summed E-state index contributed by atoms with van der Waals surface area (Å²) >= 11 is 0.125. The molecule has 0 atom stereocenters. The van der Waals surface area contributed by atoms with Crippen molar-refractivity contribution >= 4 is 0 Å². The maximum absolute atomic E-state index is 2.38. The number of hydrogen-bond donors (Lipinski definition) is 0. The molecule has 0 radical (unpaired) electrons. The molecule has 0 unspecified atom stereocenters. The molecule has 2 heteroatoms. The van der Waals surface area contributed by atoms with Crippen molar-refractivity contribution in [2.75, 3.05) is 19.6 Å². The molecule has 60 valence electrons. The molecule has 0 bridgehead atoms. The van der Waals surface area contributed by atoms with Gasteiger partial charge in [-0.2, -0.15) is 0 Å². The summed E-state index contributed by atoms with van der Waals surface area (Å²) in [5, 5.41) is 0. The summed E-state index contributed by atoms with van der Waals surface area (Å²) < 4.78 is 0. The third-order valence-corrected chi connectivity index (χ3v) is 1.34. The van der Waals surface area contributed by atoms with Crippen molar-refractivity contribution in [2.24, 2.45) is 0 Å². The molecule has 0 aromatic rings. The van der Waals surface area contributed by atoms with E-state index in [0.717, 1.165) is 0 Å². The minimum absolute atomic E-state index is 0.125. The number of rotatable bonds is 3. The van der Waals surface area contributed by atoms with E-state index in [4.69, 9.17) is 0 Å². The normalized spacial score (nSPS) is 8.20. The van der Waals surface area contributed by atoms with Crippen molar-refractivity contribution in [3.63, 3.8) is 0 Å². The van der Waals surface area contributed by atoms with Crippen LogP contribution in [0.4, 0.5) is 0 Å². The Bertz CT molecular complexity index is 39.0.